The molecule has 0 aliphatic carbocycles. The van der Waals surface area contributed by atoms with Gasteiger partial charge in [0.25, 0.3) is 0 Å². The number of nitrogens with zero attached hydrogens (tertiary/aromatic N) is 2. The zero-order chi connectivity index (χ0) is 19.3. The summed E-state index contributed by atoms with van der Waals surface area (Å²) < 4.78 is 45.1. The molecule has 0 radical (unpaired) electrons. The molecule has 1 heterocycles. The largest absolute Gasteiger partial charge is 0.497 e. The van der Waals surface area contributed by atoms with Gasteiger partial charge in [0.15, 0.2) is 5.84 Å². The fraction of sp³-hybridized carbons (Fsp3) is 0.235. The van der Waals surface area contributed by atoms with E-state index in [1.807, 2.05) is 0 Å². The van der Waals surface area contributed by atoms with Crippen molar-refractivity contribution in [1.82, 2.24) is 10.3 Å². The molecule has 0 aliphatic rings. The Morgan fingerprint density at radius 3 is 2.62 bits per heavy atom. The molecular weight excluding hydrogens is 351 g/mol. The number of carbonyl (C=O) groups is 1. The van der Waals surface area contributed by atoms with Crippen molar-refractivity contribution in [2.75, 3.05) is 13.7 Å². The Kier molecular flexibility index (Phi) is 5.81. The first-order chi connectivity index (χ1) is 12.3. The van der Waals surface area contributed by atoms with E-state index >= 15 is 0 Å². The minimum Gasteiger partial charge on any atom is -0.497 e. The Labute approximate surface area is 147 Å². The van der Waals surface area contributed by atoms with E-state index in [0.29, 0.717) is 0 Å². The summed E-state index contributed by atoms with van der Waals surface area (Å²) in [4.78, 5) is 18.9. The van der Waals surface area contributed by atoms with Crippen molar-refractivity contribution in [3.05, 3.63) is 47.8 Å². The van der Waals surface area contributed by atoms with Gasteiger partial charge in [-0.1, -0.05) is 0 Å². The molecule has 1 amide bonds. The van der Waals surface area contributed by atoms with Gasteiger partial charge in [-0.05, 0) is 48.4 Å². The number of methoxy groups -OCH3 is 1. The molecule has 2 N–H and O–H groups in total. The van der Waals surface area contributed by atoms with Crippen molar-refractivity contribution in [2.45, 2.75) is 13.1 Å². The third-order valence-electron chi connectivity index (χ3n) is 3.39. The minimum atomic E-state index is -4.56. The fourth-order valence-corrected chi connectivity index (χ4v) is 2.31. The van der Waals surface area contributed by atoms with Crippen molar-refractivity contribution in [1.29, 1.82) is 0 Å². The number of amidine groups is 1. The molecule has 0 saturated heterocycles. The predicted molar refractivity (Wildman–Crippen MR) is 89.5 cm³/mol. The Morgan fingerprint density at radius 2 is 2.04 bits per heavy atom. The van der Waals surface area contributed by atoms with Crippen molar-refractivity contribution < 1.29 is 27.8 Å². The molecule has 0 spiro atoms. The van der Waals surface area contributed by atoms with E-state index in [1.54, 1.807) is 6.92 Å². The van der Waals surface area contributed by atoms with Crippen molar-refractivity contribution in [3.63, 3.8) is 0 Å². The monoisotopic (exact) mass is 367 g/mol. The highest BCUT2D eigenvalue weighted by Gasteiger charge is 2.34. The minimum absolute atomic E-state index is 0.0432. The summed E-state index contributed by atoms with van der Waals surface area (Å²) >= 11 is 0. The Balaban J connectivity index is 2.60. The summed E-state index contributed by atoms with van der Waals surface area (Å²) in [5.41, 5.74) is -0.623. The van der Waals surface area contributed by atoms with E-state index in [4.69, 9.17) is 9.84 Å². The molecule has 6 nitrogen and oxygen atoms in total. The van der Waals surface area contributed by atoms with Crippen LogP contribution in [0.5, 0.6) is 5.75 Å². The first-order valence-corrected chi connectivity index (χ1v) is 7.52. The topological polar surface area (TPSA) is 83.8 Å². The lowest BCUT2D eigenvalue weighted by Crippen LogP contribution is -2.30. The van der Waals surface area contributed by atoms with Crippen molar-refractivity contribution in [2.24, 2.45) is 4.99 Å². The zero-order valence-electron chi connectivity index (χ0n) is 14.0. The van der Waals surface area contributed by atoms with Gasteiger partial charge in [0.2, 0.25) is 0 Å². The van der Waals surface area contributed by atoms with E-state index < -0.39 is 17.8 Å². The molecule has 0 bridgehead atoms. The Bertz CT molecular complexity index is 835. The van der Waals surface area contributed by atoms with Crippen LogP contribution < -0.4 is 10.1 Å². The molecule has 26 heavy (non-hydrogen) atoms. The van der Waals surface area contributed by atoms with Crippen LogP contribution in [0.15, 0.2) is 41.5 Å². The maximum atomic E-state index is 13.4. The Hall–Kier alpha value is -3.10. The number of rotatable bonds is 4. The van der Waals surface area contributed by atoms with Crippen LogP contribution in [0.1, 0.15) is 18.2 Å². The summed E-state index contributed by atoms with van der Waals surface area (Å²) in [5, 5.41) is 11.0. The lowest BCUT2D eigenvalue weighted by Gasteiger charge is -2.15. The molecule has 0 atom stereocenters. The Morgan fingerprint density at radius 1 is 1.31 bits per heavy atom. The number of alkyl halides is 3. The number of pyridine rings is 1. The highest BCUT2D eigenvalue weighted by molar-refractivity contribution is 6.05. The second-order valence-electron chi connectivity index (χ2n) is 5.09. The number of halogens is 3. The lowest BCUT2D eigenvalue weighted by molar-refractivity contribution is -0.137. The summed E-state index contributed by atoms with van der Waals surface area (Å²) in [7, 11) is 1.35. The van der Waals surface area contributed by atoms with E-state index in [9.17, 15) is 18.0 Å². The van der Waals surface area contributed by atoms with Crippen LogP contribution in [-0.2, 0) is 6.18 Å². The van der Waals surface area contributed by atoms with Crippen LogP contribution in [-0.4, -0.2) is 35.7 Å². The van der Waals surface area contributed by atoms with Gasteiger partial charge in [0.1, 0.15) is 11.4 Å². The highest BCUT2D eigenvalue weighted by atomic mass is 19.4. The summed E-state index contributed by atoms with van der Waals surface area (Å²) in [6.45, 7) is 1.96. The van der Waals surface area contributed by atoms with E-state index in [2.05, 4.69) is 15.3 Å². The molecule has 9 heteroatoms. The molecular formula is C17H16F3N3O3. The molecule has 1 aromatic carbocycles. The predicted octanol–water partition coefficient (Wildman–Crippen LogP) is 3.81. The third kappa shape index (κ3) is 4.50. The molecule has 0 saturated carbocycles. The fourth-order valence-electron chi connectivity index (χ4n) is 2.31. The van der Waals surface area contributed by atoms with Gasteiger partial charge in [-0.3, -0.25) is 15.3 Å². The first kappa shape index (κ1) is 19.2. The van der Waals surface area contributed by atoms with Crippen LogP contribution in [0.2, 0.25) is 0 Å². The average molecular weight is 367 g/mol. The standard InChI is InChI=1S/C17H16F3N3O3/c1-3-21-15(23-16(24)25)14-8-10(6-7-22-14)12-9-11(26-2)4-5-13(12)17(18,19)20/h4-9H,3H2,1-2H3,(H,21,23)(H,24,25). The number of nitrogens with one attached hydrogen (secondary N) is 1. The summed E-state index contributed by atoms with van der Waals surface area (Å²) in [6, 6.07) is 6.17. The number of aromatic nitrogens is 1. The van der Waals surface area contributed by atoms with Gasteiger partial charge in [-0.25, -0.2) is 4.79 Å². The maximum Gasteiger partial charge on any atom is 0.417 e. The average Bonchev–Trinajstić information content (AvgIpc) is 2.60. The van der Waals surface area contributed by atoms with Crippen LogP contribution in [0.4, 0.5) is 18.0 Å². The number of carboxylic acid groups (broad SMARTS) is 1. The SMILES string of the molecule is CCN=C(NC(=O)O)c1cc(-c2cc(OC)ccc2C(F)(F)F)ccn1. The van der Waals surface area contributed by atoms with E-state index in [-0.39, 0.29) is 35.0 Å². The molecule has 0 unspecified atom stereocenters. The van der Waals surface area contributed by atoms with Crippen molar-refractivity contribution >= 4 is 11.9 Å². The van der Waals surface area contributed by atoms with Gasteiger partial charge in [0.05, 0.1) is 12.7 Å². The van der Waals surface area contributed by atoms with E-state index in [1.165, 1.54) is 37.6 Å². The number of amides is 1. The van der Waals surface area contributed by atoms with Crippen LogP contribution >= 0.6 is 0 Å². The number of hydrogen-bond acceptors (Lipinski definition) is 4. The summed E-state index contributed by atoms with van der Waals surface area (Å²) in [6.07, 6.45) is -4.62. The number of benzene rings is 1. The first-order valence-electron chi connectivity index (χ1n) is 7.52. The number of ether oxygens (including phenoxy) is 1. The van der Waals surface area contributed by atoms with Gasteiger partial charge < -0.3 is 9.84 Å². The smallest absolute Gasteiger partial charge is 0.417 e. The molecule has 138 valence electrons. The van der Waals surface area contributed by atoms with Gasteiger partial charge in [-0.15, -0.1) is 0 Å². The molecule has 1 aromatic heterocycles. The van der Waals surface area contributed by atoms with E-state index in [0.717, 1.165) is 6.07 Å². The highest BCUT2D eigenvalue weighted by Crippen LogP contribution is 2.39. The van der Waals surface area contributed by atoms with Crippen LogP contribution in [0, 0.1) is 0 Å². The number of hydrogen-bond donors (Lipinski definition) is 2. The van der Waals surface area contributed by atoms with Gasteiger partial charge >= 0.3 is 12.3 Å². The normalized spacial score (nSPS) is 12.0. The lowest BCUT2D eigenvalue weighted by atomic mass is 9.99. The maximum absolute atomic E-state index is 13.4. The third-order valence-corrected chi connectivity index (χ3v) is 3.39. The quantitative estimate of drug-likeness (QED) is 0.636. The van der Waals surface area contributed by atoms with Gasteiger partial charge in [-0.2, -0.15) is 13.2 Å². The molecule has 2 rings (SSSR count). The van der Waals surface area contributed by atoms with Crippen LogP contribution in [0.25, 0.3) is 11.1 Å². The van der Waals surface area contributed by atoms with Gasteiger partial charge in [0, 0.05) is 12.7 Å². The molecule has 0 fully saturated rings. The molecule has 0 aliphatic heterocycles. The van der Waals surface area contributed by atoms with Crippen LogP contribution in [0.3, 0.4) is 0 Å². The number of aliphatic imine (C=N–C) groups is 1. The van der Waals surface area contributed by atoms with Crippen molar-refractivity contribution in [3.8, 4) is 16.9 Å². The summed E-state index contributed by atoms with van der Waals surface area (Å²) in [5.74, 6) is 0.218. The molecule has 2 aromatic rings. The second-order valence-corrected chi connectivity index (χ2v) is 5.09. The second kappa shape index (κ2) is 7.85. The zero-order valence-corrected chi connectivity index (χ0v) is 14.0.